The number of nitrogens with zero attached hydrogens (tertiary/aromatic N) is 3. The molecule has 1 aromatic carbocycles. The summed E-state index contributed by atoms with van der Waals surface area (Å²) < 4.78 is 33.2. The number of halogens is 2. The molecule has 1 saturated heterocycles. The number of hydrogen-bond acceptors (Lipinski definition) is 5. The maximum absolute atomic E-state index is 14.4. The molecule has 1 aliphatic rings. The van der Waals surface area contributed by atoms with Crippen molar-refractivity contribution in [1.29, 1.82) is 0 Å². The van der Waals surface area contributed by atoms with E-state index in [0.29, 0.717) is 26.3 Å². The fraction of sp³-hybridized carbons (Fsp3) is 0.250. The first-order chi connectivity index (χ1) is 12.0. The molecule has 2 heterocycles. The van der Waals surface area contributed by atoms with Gasteiger partial charge in [-0.05, 0) is 18.2 Å². The standard InChI is InChI=1S/C16H13F2N3O4/c17-12-3-1-2-11(15(12)21(23)24)10-8-13(18)14(19-9-10)16(22)20-4-6-25-7-5-20/h1-3,8-9H,4-7H2. The smallest absolute Gasteiger partial charge is 0.312 e. The summed E-state index contributed by atoms with van der Waals surface area (Å²) in [5, 5.41) is 11.1. The van der Waals surface area contributed by atoms with Gasteiger partial charge in [0, 0.05) is 24.8 Å². The van der Waals surface area contributed by atoms with Crippen molar-refractivity contribution in [2.24, 2.45) is 0 Å². The molecular weight excluding hydrogens is 336 g/mol. The Morgan fingerprint density at radius 2 is 1.96 bits per heavy atom. The first-order valence-electron chi connectivity index (χ1n) is 7.45. The van der Waals surface area contributed by atoms with Gasteiger partial charge in [0.05, 0.1) is 23.7 Å². The van der Waals surface area contributed by atoms with Gasteiger partial charge in [0.2, 0.25) is 5.82 Å². The summed E-state index contributed by atoms with van der Waals surface area (Å²) in [5.74, 6) is -2.54. The van der Waals surface area contributed by atoms with Gasteiger partial charge in [0.1, 0.15) is 0 Å². The van der Waals surface area contributed by atoms with Gasteiger partial charge >= 0.3 is 5.69 Å². The first kappa shape index (κ1) is 16.9. The number of pyridine rings is 1. The van der Waals surface area contributed by atoms with E-state index < -0.39 is 28.2 Å². The van der Waals surface area contributed by atoms with E-state index in [0.717, 1.165) is 18.3 Å². The van der Waals surface area contributed by atoms with Crippen LogP contribution in [0, 0.1) is 21.7 Å². The highest BCUT2D eigenvalue weighted by Gasteiger charge is 2.25. The molecule has 9 heteroatoms. The van der Waals surface area contributed by atoms with Gasteiger partial charge < -0.3 is 9.64 Å². The van der Waals surface area contributed by atoms with Gasteiger partial charge in [-0.2, -0.15) is 4.39 Å². The van der Waals surface area contributed by atoms with E-state index in [-0.39, 0.29) is 16.8 Å². The number of rotatable bonds is 3. The highest BCUT2D eigenvalue weighted by atomic mass is 19.1. The van der Waals surface area contributed by atoms with Crippen LogP contribution in [0.2, 0.25) is 0 Å². The number of carbonyl (C=O) groups excluding carboxylic acids is 1. The average Bonchev–Trinajstić information content (AvgIpc) is 2.61. The van der Waals surface area contributed by atoms with Crippen LogP contribution >= 0.6 is 0 Å². The summed E-state index contributed by atoms with van der Waals surface area (Å²) in [6.45, 7) is 1.38. The van der Waals surface area contributed by atoms with Crippen molar-refractivity contribution in [3.8, 4) is 11.1 Å². The normalized spacial score (nSPS) is 14.4. The van der Waals surface area contributed by atoms with Gasteiger partial charge in [0.15, 0.2) is 11.5 Å². The zero-order valence-electron chi connectivity index (χ0n) is 12.9. The lowest BCUT2D eigenvalue weighted by atomic mass is 10.0. The van der Waals surface area contributed by atoms with Crippen molar-refractivity contribution in [1.82, 2.24) is 9.88 Å². The summed E-state index contributed by atoms with van der Waals surface area (Å²) >= 11 is 0. The van der Waals surface area contributed by atoms with Crippen molar-refractivity contribution in [2.45, 2.75) is 0 Å². The number of ether oxygens (including phenoxy) is 1. The number of nitro groups is 1. The zero-order valence-corrected chi connectivity index (χ0v) is 12.9. The summed E-state index contributed by atoms with van der Waals surface area (Å²) in [4.78, 5) is 27.7. The number of nitro benzene ring substituents is 1. The van der Waals surface area contributed by atoms with Crippen LogP contribution in [0.15, 0.2) is 30.5 Å². The van der Waals surface area contributed by atoms with E-state index >= 15 is 0 Å². The van der Waals surface area contributed by atoms with Crippen LogP contribution in [0.25, 0.3) is 11.1 Å². The minimum absolute atomic E-state index is 0.0160. The molecule has 0 radical (unpaired) electrons. The summed E-state index contributed by atoms with van der Waals surface area (Å²) in [6, 6.07) is 4.47. The molecule has 0 unspecified atom stereocenters. The largest absolute Gasteiger partial charge is 0.378 e. The Morgan fingerprint density at radius 1 is 1.24 bits per heavy atom. The Balaban J connectivity index is 1.97. The third-order valence-corrected chi connectivity index (χ3v) is 3.82. The number of para-hydroxylation sites is 1. The lowest BCUT2D eigenvalue weighted by Crippen LogP contribution is -2.41. The van der Waals surface area contributed by atoms with E-state index in [1.54, 1.807) is 0 Å². The SMILES string of the molecule is O=C(c1ncc(-c2cccc(F)c2[N+](=O)[O-])cc1F)N1CCOCC1. The molecule has 0 N–H and O–H groups in total. The Morgan fingerprint density at radius 3 is 2.60 bits per heavy atom. The first-order valence-corrected chi connectivity index (χ1v) is 7.45. The molecule has 3 rings (SSSR count). The van der Waals surface area contributed by atoms with Crippen molar-refractivity contribution in [2.75, 3.05) is 26.3 Å². The third kappa shape index (κ3) is 3.31. The summed E-state index contributed by atoms with van der Waals surface area (Å²) in [7, 11) is 0. The summed E-state index contributed by atoms with van der Waals surface area (Å²) in [6.07, 6.45) is 1.12. The third-order valence-electron chi connectivity index (χ3n) is 3.82. The minimum Gasteiger partial charge on any atom is -0.378 e. The van der Waals surface area contributed by atoms with Crippen LogP contribution < -0.4 is 0 Å². The van der Waals surface area contributed by atoms with E-state index in [1.807, 2.05) is 0 Å². The maximum Gasteiger partial charge on any atom is 0.312 e. The molecule has 1 amide bonds. The maximum atomic E-state index is 14.4. The molecule has 0 bridgehead atoms. The zero-order chi connectivity index (χ0) is 18.0. The van der Waals surface area contributed by atoms with Crippen LogP contribution in [-0.2, 0) is 4.74 Å². The molecule has 25 heavy (non-hydrogen) atoms. The second-order valence-corrected chi connectivity index (χ2v) is 5.35. The van der Waals surface area contributed by atoms with E-state index in [2.05, 4.69) is 4.98 Å². The average molecular weight is 349 g/mol. The molecule has 0 aliphatic carbocycles. The van der Waals surface area contributed by atoms with Crippen molar-refractivity contribution >= 4 is 11.6 Å². The number of carbonyl (C=O) groups is 1. The van der Waals surface area contributed by atoms with Gasteiger partial charge in [-0.15, -0.1) is 0 Å². The molecule has 0 atom stereocenters. The van der Waals surface area contributed by atoms with Gasteiger partial charge in [0.25, 0.3) is 5.91 Å². The Hall–Kier alpha value is -2.94. The number of hydrogen-bond donors (Lipinski definition) is 0. The van der Waals surface area contributed by atoms with Crippen molar-refractivity contribution < 1.29 is 23.2 Å². The van der Waals surface area contributed by atoms with Crippen LogP contribution in [0.4, 0.5) is 14.5 Å². The quantitative estimate of drug-likeness (QED) is 0.627. The molecule has 1 fully saturated rings. The molecule has 2 aromatic rings. The molecule has 0 saturated carbocycles. The minimum atomic E-state index is -1.03. The van der Waals surface area contributed by atoms with E-state index in [9.17, 15) is 23.7 Å². The molecule has 7 nitrogen and oxygen atoms in total. The molecular formula is C16H13F2N3O4. The van der Waals surface area contributed by atoms with Gasteiger partial charge in [-0.25, -0.2) is 9.37 Å². The topological polar surface area (TPSA) is 85.6 Å². The Kier molecular flexibility index (Phi) is 4.66. The van der Waals surface area contributed by atoms with Crippen LogP contribution in [0.3, 0.4) is 0 Å². The predicted octanol–water partition coefficient (Wildman–Crippen LogP) is 2.41. The lowest BCUT2D eigenvalue weighted by molar-refractivity contribution is -0.386. The highest BCUT2D eigenvalue weighted by molar-refractivity contribution is 5.93. The number of amides is 1. The lowest BCUT2D eigenvalue weighted by Gasteiger charge is -2.26. The van der Waals surface area contributed by atoms with Crippen LogP contribution in [0.5, 0.6) is 0 Å². The second-order valence-electron chi connectivity index (χ2n) is 5.35. The highest BCUT2D eigenvalue weighted by Crippen LogP contribution is 2.32. The molecule has 0 spiro atoms. The van der Waals surface area contributed by atoms with E-state index in [4.69, 9.17) is 4.74 Å². The number of morpholine rings is 1. The number of aromatic nitrogens is 1. The van der Waals surface area contributed by atoms with Gasteiger partial charge in [-0.3, -0.25) is 14.9 Å². The molecule has 1 aromatic heterocycles. The monoisotopic (exact) mass is 349 g/mol. The van der Waals surface area contributed by atoms with E-state index in [1.165, 1.54) is 17.0 Å². The summed E-state index contributed by atoms with van der Waals surface area (Å²) in [5.41, 5.74) is -1.25. The van der Waals surface area contributed by atoms with Crippen LogP contribution in [-0.4, -0.2) is 47.0 Å². The fourth-order valence-electron chi connectivity index (χ4n) is 2.59. The molecule has 1 aliphatic heterocycles. The van der Waals surface area contributed by atoms with Crippen molar-refractivity contribution in [3.63, 3.8) is 0 Å². The number of benzene rings is 1. The Labute approximate surface area is 141 Å². The molecule has 130 valence electrons. The fourth-order valence-corrected chi connectivity index (χ4v) is 2.59. The van der Waals surface area contributed by atoms with Crippen LogP contribution in [0.1, 0.15) is 10.5 Å². The Bertz CT molecular complexity index is 838. The second kappa shape index (κ2) is 6.89. The van der Waals surface area contributed by atoms with Crippen molar-refractivity contribution in [3.05, 3.63) is 57.9 Å². The predicted molar refractivity (Wildman–Crippen MR) is 83.0 cm³/mol. The van der Waals surface area contributed by atoms with Gasteiger partial charge in [-0.1, -0.05) is 6.07 Å².